The van der Waals surface area contributed by atoms with Gasteiger partial charge in [-0.3, -0.25) is 0 Å². The molecule has 20 heavy (non-hydrogen) atoms. The maximum Gasteiger partial charge on any atom is 0.243 e. The molecule has 0 heterocycles. The Morgan fingerprint density at radius 2 is 1.65 bits per heavy atom. The van der Waals surface area contributed by atoms with Crippen LogP contribution in [0.2, 0.25) is 0 Å². The summed E-state index contributed by atoms with van der Waals surface area (Å²) in [6.45, 7) is 9.09. The molecule has 0 saturated carbocycles. The third kappa shape index (κ3) is 4.47. The van der Waals surface area contributed by atoms with Crippen molar-refractivity contribution in [2.75, 3.05) is 25.0 Å². The Morgan fingerprint density at radius 1 is 1.15 bits per heavy atom. The van der Waals surface area contributed by atoms with E-state index in [1.807, 2.05) is 27.7 Å². The Hall–Kier alpha value is -1.11. The fourth-order valence-electron chi connectivity index (χ4n) is 1.79. The minimum absolute atomic E-state index is 0.314. The lowest BCUT2D eigenvalue weighted by molar-refractivity contribution is 0.445. The van der Waals surface area contributed by atoms with E-state index in [4.69, 9.17) is 5.73 Å². The van der Waals surface area contributed by atoms with Gasteiger partial charge >= 0.3 is 0 Å². The van der Waals surface area contributed by atoms with E-state index in [0.717, 1.165) is 5.69 Å². The molecule has 5 nitrogen and oxygen atoms in total. The van der Waals surface area contributed by atoms with Gasteiger partial charge in [0.05, 0.1) is 4.90 Å². The molecule has 0 atom stereocenters. The first-order valence-electron chi connectivity index (χ1n) is 6.83. The molecular formula is C14H25N3O2S. The fraction of sp³-hybridized carbons (Fsp3) is 0.571. The van der Waals surface area contributed by atoms with Crippen LogP contribution in [0.3, 0.4) is 0 Å². The second-order valence-corrected chi connectivity index (χ2v) is 7.39. The van der Waals surface area contributed by atoms with Gasteiger partial charge in [0, 0.05) is 30.9 Å². The van der Waals surface area contributed by atoms with Crippen LogP contribution in [0.4, 0.5) is 5.69 Å². The zero-order valence-corrected chi connectivity index (χ0v) is 13.5. The minimum atomic E-state index is -3.38. The van der Waals surface area contributed by atoms with Crippen molar-refractivity contribution >= 4 is 15.7 Å². The molecule has 0 aliphatic carbocycles. The number of nitrogens with zero attached hydrogens (tertiary/aromatic N) is 1. The van der Waals surface area contributed by atoms with Crippen LogP contribution in [0.25, 0.3) is 0 Å². The third-order valence-electron chi connectivity index (χ3n) is 2.95. The van der Waals surface area contributed by atoms with Gasteiger partial charge < -0.3 is 11.1 Å². The minimum Gasteiger partial charge on any atom is -0.383 e. The molecule has 0 aliphatic heterocycles. The number of sulfonamides is 1. The van der Waals surface area contributed by atoms with Crippen molar-refractivity contribution in [2.45, 2.75) is 38.1 Å². The Labute approximate surface area is 122 Å². The zero-order chi connectivity index (χ0) is 15.4. The highest BCUT2D eigenvalue weighted by molar-refractivity contribution is 7.89. The lowest BCUT2D eigenvalue weighted by Gasteiger charge is -2.21. The van der Waals surface area contributed by atoms with E-state index >= 15 is 0 Å². The summed E-state index contributed by atoms with van der Waals surface area (Å²) in [6.07, 6.45) is 0. The molecule has 0 unspecified atom stereocenters. The van der Waals surface area contributed by atoms with Crippen molar-refractivity contribution in [1.82, 2.24) is 4.31 Å². The number of anilines is 1. The summed E-state index contributed by atoms with van der Waals surface area (Å²) in [5.74, 6) is 0. The molecule has 1 aromatic carbocycles. The summed E-state index contributed by atoms with van der Waals surface area (Å²) in [5, 5.41) is 3.19. The highest BCUT2D eigenvalue weighted by atomic mass is 32.2. The van der Waals surface area contributed by atoms with E-state index in [2.05, 4.69) is 5.32 Å². The molecule has 0 radical (unpaired) electrons. The molecule has 3 N–H and O–H groups in total. The summed E-state index contributed by atoms with van der Waals surface area (Å²) in [4.78, 5) is 0.318. The molecule has 114 valence electrons. The van der Waals surface area contributed by atoms with Gasteiger partial charge in [-0.05, 0) is 38.1 Å². The smallest absolute Gasteiger partial charge is 0.243 e. The molecule has 1 aromatic rings. The third-order valence-corrected chi connectivity index (χ3v) is 5.01. The first-order chi connectivity index (χ1) is 9.20. The Morgan fingerprint density at radius 3 is 2.05 bits per heavy atom. The van der Waals surface area contributed by atoms with Gasteiger partial charge in [0.15, 0.2) is 0 Å². The Kier molecular flexibility index (Phi) is 5.56. The SMILES string of the molecule is CCN(CC)S(=O)(=O)c1ccc(NCC(C)(C)N)cc1. The highest BCUT2D eigenvalue weighted by Gasteiger charge is 2.21. The molecule has 0 amide bonds. The normalized spacial score (nSPS) is 12.7. The monoisotopic (exact) mass is 299 g/mol. The van der Waals surface area contributed by atoms with Crippen molar-refractivity contribution in [3.63, 3.8) is 0 Å². The first kappa shape index (κ1) is 16.9. The van der Waals surface area contributed by atoms with E-state index in [1.165, 1.54) is 4.31 Å². The highest BCUT2D eigenvalue weighted by Crippen LogP contribution is 2.18. The maximum absolute atomic E-state index is 12.3. The standard InChI is InChI=1S/C14H25N3O2S/c1-5-17(6-2)20(18,19)13-9-7-12(8-10-13)16-11-14(3,4)15/h7-10,16H,5-6,11,15H2,1-4H3. The van der Waals surface area contributed by atoms with Crippen molar-refractivity contribution in [1.29, 1.82) is 0 Å². The average Bonchev–Trinajstić information content (AvgIpc) is 2.37. The summed E-state index contributed by atoms with van der Waals surface area (Å²) < 4.78 is 26.1. The van der Waals surface area contributed by atoms with Gasteiger partial charge in [-0.1, -0.05) is 13.8 Å². The van der Waals surface area contributed by atoms with E-state index < -0.39 is 10.0 Å². The molecule has 0 saturated heterocycles. The molecule has 6 heteroatoms. The fourth-order valence-corrected chi connectivity index (χ4v) is 3.25. The molecule has 1 rings (SSSR count). The second-order valence-electron chi connectivity index (χ2n) is 5.46. The molecule has 0 fully saturated rings. The lowest BCUT2D eigenvalue weighted by Crippen LogP contribution is -2.39. The number of hydrogen-bond acceptors (Lipinski definition) is 4. The number of benzene rings is 1. The molecule has 0 aliphatic rings. The Bertz CT molecular complexity index is 514. The van der Waals surface area contributed by atoms with E-state index in [-0.39, 0.29) is 5.54 Å². The molecule has 0 bridgehead atoms. The number of hydrogen-bond donors (Lipinski definition) is 2. The zero-order valence-electron chi connectivity index (χ0n) is 12.7. The second kappa shape index (κ2) is 6.56. The largest absolute Gasteiger partial charge is 0.383 e. The summed E-state index contributed by atoms with van der Waals surface area (Å²) in [6, 6.07) is 6.78. The predicted molar refractivity (Wildman–Crippen MR) is 83.3 cm³/mol. The van der Waals surface area contributed by atoms with Crippen molar-refractivity contribution < 1.29 is 8.42 Å². The topological polar surface area (TPSA) is 75.4 Å². The average molecular weight is 299 g/mol. The van der Waals surface area contributed by atoms with Crippen LogP contribution in [0.1, 0.15) is 27.7 Å². The van der Waals surface area contributed by atoms with Crippen LogP contribution in [0.15, 0.2) is 29.2 Å². The molecule has 0 aromatic heterocycles. The summed E-state index contributed by atoms with van der Waals surface area (Å²) >= 11 is 0. The predicted octanol–water partition coefficient (Wildman–Crippen LogP) is 1.87. The van der Waals surface area contributed by atoms with Crippen LogP contribution < -0.4 is 11.1 Å². The van der Waals surface area contributed by atoms with Crippen LogP contribution in [-0.2, 0) is 10.0 Å². The van der Waals surface area contributed by atoms with Crippen molar-refractivity contribution in [3.8, 4) is 0 Å². The lowest BCUT2D eigenvalue weighted by atomic mass is 10.1. The van der Waals surface area contributed by atoms with Gasteiger partial charge in [0.2, 0.25) is 10.0 Å². The number of nitrogens with two attached hydrogens (primary N) is 1. The maximum atomic E-state index is 12.3. The van der Waals surface area contributed by atoms with Gasteiger partial charge in [-0.15, -0.1) is 0 Å². The summed E-state index contributed by atoms with van der Waals surface area (Å²) in [5.41, 5.74) is 6.44. The molecular weight excluding hydrogens is 274 g/mol. The van der Waals surface area contributed by atoms with Gasteiger partial charge in [-0.25, -0.2) is 8.42 Å². The number of nitrogens with one attached hydrogen (secondary N) is 1. The molecule has 0 spiro atoms. The Balaban J connectivity index is 2.86. The van der Waals surface area contributed by atoms with Crippen molar-refractivity contribution in [2.24, 2.45) is 5.73 Å². The van der Waals surface area contributed by atoms with Crippen molar-refractivity contribution in [3.05, 3.63) is 24.3 Å². The first-order valence-corrected chi connectivity index (χ1v) is 8.27. The van der Waals surface area contributed by atoms with Crippen LogP contribution >= 0.6 is 0 Å². The quantitative estimate of drug-likeness (QED) is 0.806. The van der Waals surface area contributed by atoms with Crippen LogP contribution in [0, 0.1) is 0 Å². The van der Waals surface area contributed by atoms with Crippen LogP contribution in [-0.4, -0.2) is 37.9 Å². The van der Waals surface area contributed by atoms with E-state index in [0.29, 0.717) is 24.5 Å². The summed E-state index contributed by atoms with van der Waals surface area (Å²) in [7, 11) is -3.38. The van der Waals surface area contributed by atoms with Crippen LogP contribution in [0.5, 0.6) is 0 Å². The van der Waals surface area contributed by atoms with E-state index in [9.17, 15) is 8.42 Å². The van der Waals surface area contributed by atoms with Gasteiger partial charge in [-0.2, -0.15) is 4.31 Å². The van der Waals surface area contributed by atoms with E-state index in [1.54, 1.807) is 24.3 Å². The van der Waals surface area contributed by atoms with Gasteiger partial charge in [0.1, 0.15) is 0 Å². The van der Waals surface area contributed by atoms with Gasteiger partial charge in [0.25, 0.3) is 0 Å². The number of rotatable bonds is 7.